The van der Waals surface area contributed by atoms with Crippen molar-refractivity contribution in [2.45, 2.75) is 11.3 Å². The standard InChI is InChI=1S/C25H25N3O4S/c1-26-33(30,31)24-17-18(7-13-23(24)32-2)8-14-25(29)27-20-9-11-21(12-10-20)28-16-15-19-5-3-4-6-22(19)28/h3-14,17,26H,15-16H2,1-2H3,(H,27,29). The summed E-state index contributed by atoms with van der Waals surface area (Å²) in [4.78, 5) is 14.7. The molecule has 7 nitrogen and oxygen atoms in total. The number of methoxy groups -OCH3 is 1. The highest BCUT2D eigenvalue weighted by Crippen LogP contribution is 2.34. The largest absolute Gasteiger partial charge is 0.495 e. The SMILES string of the molecule is CNS(=O)(=O)c1cc(C=CC(=O)Nc2ccc(N3CCc4ccccc43)cc2)ccc1OC. The zero-order valence-corrected chi connectivity index (χ0v) is 19.2. The molecular weight excluding hydrogens is 438 g/mol. The summed E-state index contributed by atoms with van der Waals surface area (Å²) in [7, 11) is -0.959. The maximum absolute atomic E-state index is 12.4. The number of fused-ring (bicyclic) bond motifs is 1. The molecule has 3 aromatic rings. The summed E-state index contributed by atoms with van der Waals surface area (Å²) in [6, 6.07) is 20.8. The molecule has 0 fully saturated rings. The molecule has 33 heavy (non-hydrogen) atoms. The summed E-state index contributed by atoms with van der Waals surface area (Å²) < 4.78 is 31.8. The Hall–Kier alpha value is -3.62. The van der Waals surface area contributed by atoms with Crippen LogP contribution in [0.15, 0.2) is 77.7 Å². The first-order valence-corrected chi connectivity index (χ1v) is 12.0. The fourth-order valence-corrected chi connectivity index (χ4v) is 4.73. The number of carbonyl (C=O) groups excluding carboxylic acids is 1. The maximum Gasteiger partial charge on any atom is 0.248 e. The zero-order valence-electron chi connectivity index (χ0n) is 18.4. The average molecular weight is 464 g/mol. The number of anilines is 3. The van der Waals surface area contributed by atoms with Crippen LogP contribution in [0.4, 0.5) is 17.1 Å². The van der Waals surface area contributed by atoms with Gasteiger partial charge in [0.2, 0.25) is 15.9 Å². The lowest BCUT2D eigenvalue weighted by Gasteiger charge is -2.19. The third kappa shape index (κ3) is 4.92. The first kappa shape index (κ1) is 22.6. The Labute approximate surface area is 193 Å². The number of nitrogens with zero attached hydrogens (tertiary/aromatic N) is 1. The van der Waals surface area contributed by atoms with Crippen LogP contribution in [0.2, 0.25) is 0 Å². The fourth-order valence-electron chi connectivity index (χ4n) is 3.80. The molecule has 0 aromatic heterocycles. The van der Waals surface area contributed by atoms with Gasteiger partial charge in [-0.2, -0.15) is 0 Å². The predicted octanol–water partition coefficient (Wildman–Crippen LogP) is 3.95. The number of benzene rings is 3. The van der Waals surface area contributed by atoms with Gasteiger partial charge in [-0.1, -0.05) is 24.3 Å². The Balaban J connectivity index is 1.44. The molecular formula is C25H25N3O4S. The van der Waals surface area contributed by atoms with Crippen molar-refractivity contribution >= 4 is 39.1 Å². The molecule has 170 valence electrons. The van der Waals surface area contributed by atoms with E-state index in [2.05, 4.69) is 33.1 Å². The summed E-state index contributed by atoms with van der Waals surface area (Å²) in [5.74, 6) is -0.0882. The summed E-state index contributed by atoms with van der Waals surface area (Å²) in [5, 5.41) is 2.83. The van der Waals surface area contributed by atoms with Crippen LogP contribution >= 0.6 is 0 Å². The number of hydrogen-bond acceptors (Lipinski definition) is 5. The molecule has 0 unspecified atom stereocenters. The van der Waals surface area contributed by atoms with Gasteiger partial charge in [-0.25, -0.2) is 13.1 Å². The zero-order chi connectivity index (χ0) is 23.4. The number of ether oxygens (including phenoxy) is 1. The van der Waals surface area contributed by atoms with Crippen molar-refractivity contribution in [2.24, 2.45) is 0 Å². The van der Waals surface area contributed by atoms with E-state index in [-0.39, 0.29) is 16.6 Å². The Kier molecular flexibility index (Phi) is 6.48. The molecule has 0 radical (unpaired) electrons. The van der Waals surface area contributed by atoms with E-state index in [9.17, 15) is 13.2 Å². The topological polar surface area (TPSA) is 87.7 Å². The van der Waals surface area contributed by atoms with Gasteiger partial charge in [0.25, 0.3) is 0 Å². The number of amides is 1. The van der Waals surface area contributed by atoms with Gasteiger partial charge in [-0.05, 0) is 73.1 Å². The van der Waals surface area contributed by atoms with E-state index in [0.29, 0.717) is 11.3 Å². The second-order valence-corrected chi connectivity index (χ2v) is 9.37. The monoisotopic (exact) mass is 463 g/mol. The van der Waals surface area contributed by atoms with Crippen LogP contribution in [0.25, 0.3) is 6.08 Å². The molecule has 0 bridgehead atoms. The van der Waals surface area contributed by atoms with Gasteiger partial charge in [-0.3, -0.25) is 4.79 Å². The number of para-hydroxylation sites is 1. The summed E-state index contributed by atoms with van der Waals surface area (Å²) in [6.07, 6.45) is 3.93. The van der Waals surface area contributed by atoms with E-state index in [1.807, 2.05) is 30.3 Å². The van der Waals surface area contributed by atoms with Crippen LogP contribution in [0, 0.1) is 0 Å². The third-order valence-corrected chi connectivity index (χ3v) is 6.94. The normalized spacial score (nSPS) is 13.2. The number of rotatable bonds is 7. The molecule has 0 atom stereocenters. The lowest BCUT2D eigenvalue weighted by Crippen LogP contribution is -2.19. The highest BCUT2D eigenvalue weighted by atomic mass is 32.2. The molecule has 2 N–H and O–H groups in total. The van der Waals surface area contributed by atoms with Crippen LogP contribution in [0.1, 0.15) is 11.1 Å². The van der Waals surface area contributed by atoms with Crippen LogP contribution in [0.5, 0.6) is 5.75 Å². The first-order chi connectivity index (χ1) is 15.9. The molecule has 0 saturated carbocycles. The molecule has 0 aliphatic carbocycles. The van der Waals surface area contributed by atoms with Crippen LogP contribution in [-0.4, -0.2) is 35.0 Å². The lowest BCUT2D eigenvalue weighted by atomic mass is 10.2. The Bertz CT molecular complexity index is 1300. The molecule has 0 saturated heterocycles. The van der Waals surface area contributed by atoms with E-state index in [1.54, 1.807) is 18.2 Å². The minimum absolute atomic E-state index is 0.00846. The number of sulfonamides is 1. The van der Waals surface area contributed by atoms with E-state index >= 15 is 0 Å². The van der Waals surface area contributed by atoms with E-state index in [1.165, 1.54) is 37.6 Å². The van der Waals surface area contributed by atoms with Crippen molar-refractivity contribution in [3.63, 3.8) is 0 Å². The van der Waals surface area contributed by atoms with Gasteiger partial charge in [0.15, 0.2) is 0 Å². The highest BCUT2D eigenvalue weighted by Gasteiger charge is 2.20. The van der Waals surface area contributed by atoms with Crippen LogP contribution < -0.4 is 19.7 Å². The minimum atomic E-state index is -3.69. The van der Waals surface area contributed by atoms with Gasteiger partial charge in [0.05, 0.1) is 7.11 Å². The second-order valence-electron chi connectivity index (χ2n) is 7.52. The van der Waals surface area contributed by atoms with Gasteiger partial charge in [-0.15, -0.1) is 0 Å². The van der Waals surface area contributed by atoms with Gasteiger partial charge in [0.1, 0.15) is 10.6 Å². The molecule has 3 aromatic carbocycles. The van der Waals surface area contributed by atoms with E-state index < -0.39 is 10.0 Å². The summed E-state index contributed by atoms with van der Waals surface area (Å²) >= 11 is 0. The van der Waals surface area contributed by atoms with Crippen LogP contribution in [-0.2, 0) is 21.2 Å². The quantitative estimate of drug-likeness (QED) is 0.518. The second kappa shape index (κ2) is 9.48. The molecule has 4 rings (SSSR count). The van der Waals surface area contributed by atoms with Crippen molar-refractivity contribution in [1.82, 2.24) is 4.72 Å². The molecule has 1 aliphatic rings. The molecule has 1 aliphatic heterocycles. The minimum Gasteiger partial charge on any atom is -0.495 e. The number of nitrogens with one attached hydrogen (secondary N) is 2. The van der Waals surface area contributed by atoms with Crippen molar-refractivity contribution in [1.29, 1.82) is 0 Å². The van der Waals surface area contributed by atoms with Crippen LogP contribution in [0.3, 0.4) is 0 Å². The number of hydrogen-bond donors (Lipinski definition) is 2. The van der Waals surface area contributed by atoms with Gasteiger partial charge in [0, 0.05) is 29.7 Å². The van der Waals surface area contributed by atoms with Crippen molar-refractivity contribution in [3.8, 4) is 5.75 Å². The maximum atomic E-state index is 12.4. The fraction of sp³-hybridized carbons (Fsp3) is 0.160. The van der Waals surface area contributed by atoms with Crippen molar-refractivity contribution in [2.75, 3.05) is 30.9 Å². The summed E-state index contributed by atoms with van der Waals surface area (Å²) in [5.41, 5.74) is 4.86. The number of carbonyl (C=O) groups is 1. The predicted molar refractivity (Wildman–Crippen MR) is 130 cm³/mol. The lowest BCUT2D eigenvalue weighted by molar-refractivity contribution is -0.111. The van der Waals surface area contributed by atoms with Gasteiger partial charge >= 0.3 is 0 Å². The molecule has 1 heterocycles. The van der Waals surface area contributed by atoms with Gasteiger partial charge < -0.3 is 15.0 Å². The van der Waals surface area contributed by atoms with E-state index in [0.717, 1.165) is 18.7 Å². The van der Waals surface area contributed by atoms with Crippen molar-refractivity contribution < 1.29 is 17.9 Å². The average Bonchev–Trinajstić information content (AvgIpc) is 3.27. The Morgan fingerprint density at radius 1 is 1.06 bits per heavy atom. The third-order valence-electron chi connectivity index (χ3n) is 5.51. The Morgan fingerprint density at radius 3 is 2.55 bits per heavy atom. The molecule has 1 amide bonds. The smallest absolute Gasteiger partial charge is 0.248 e. The highest BCUT2D eigenvalue weighted by molar-refractivity contribution is 7.89. The molecule has 0 spiro atoms. The molecule has 8 heteroatoms. The first-order valence-electron chi connectivity index (χ1n) is 10.5. The van der Waals surface area contributed by atoms with Crippen molar-refractivity contribution in [3.05, 3.63) is 83.9 Å². The van der Waals surface area contributed by atoms with E-state index in [4.69, 9.17) is 4.74 Å². The Morgan fingerprint density at radius 2 is 1.82 bits per heavy atom. The summed E-state index contributed by atoms with van der Waals surface area (Å²) in [6.45, 7) is 0.931.